The van der Waals surface area contributed by atoms with Crippen molar-refractivity contribution in [2.75, 3.05) is 0 Å². The SMILES string of the molecule is [C-]#CC#CC#CC#CC#CC#CC#CC#CC#CC#CC#CC#CC#CC#CC#CC#CC#CC#CC#CC#CC#CC#CC#CC#CC#CC#CC#CC#CC#CC#CC#CC.[O]=[V]. The Morgan fingerprint density at radius 2 is 0.246 bits per heavy atom. The van der Waals surface area contributed by atoms with Gasteiger partial charge in [0, 0.05) is 243 Å². The molecular weight excluding hydrogens is 824 g/mol. The van der Waals surface area contributed by atoms with E-state index in [1.165, 1.54) is 0 Å². The van der Waals surface area contributed by atoms with Crippen LogP contribution in [0, 0.1) is 368 Å². The minimum atomic E-state index is 1.06. The van der Waals surface area contributed by atoms with Crippen molar-refractivity contribution >= 4 is 0 Å². The number of hydrogen-bond acceptors (Lipinski definition) is 1. The third kappa shape index (κ3) is 55.2. The molecular formula is C63H3OV-. The molecule has 0 spiro atoms. The fourth-order valence-corrected chi connectivity index (χ4v) is 1.88. The number of hydrogen-bond donors (Lipinski definition) is 0. The zero-order valence-corrected chi connectivity index (χ0v) is 34.3. The third-order valence-electron chi connectivity index (χ3n) is 3.81. The minimum absolute atomic E-state index is 1.06. The molecule has 0 bridgehead atoms. The van der Waals surface area contributed by atoms with Gasteiger partial charge in [-0.3, -0.25) is 5.92 Å². The molecule has 0 rings (SSSR count). The molecule has 0 N–H and O–H groups in total. The summed E-state index contributed by atoms with van der Waals surface area (Å²) in [6.45, 7) is 1.68. The maximum absolute atomic E-state index is 8.19. The van der Waals surface area contributed by atoms with Crippen LogP contribution >= 0.6 is 0 Å². The van der Waals surface area contributed by atoms with Gasteiger partial charge in [0.15, 0.2) is 0 Å². The van der Waals surface area contributed by atoms with E-state index in [2.05, 4.69) is 355 Å². The normalized spacial score (nSPS) is 3.86. The van der Waals surface area contributed by atoms with Crippen LogP contribution < -0.4 is 0 Å². The van der Waals surface area contributed by atoms with E-state index in [-0.39, 0.29) is 0 Å². The van der Waals surface area contributed by atoms with E-state index in [0.717, 1.165) is 17.4 Å². The van der Waals surface area contributed by atoms with E-state index in [4.69, 9.17) is 10.1 Å². The van der Waals surface area contributed by atoms with Crippen LogP contribution in [0.15, 0.2) is 0 Å². The molecule has 0 aliphatic heterocycles. The van der Waals surface area contributed by atoms with Crippen LogP contribution in [0.3, 0.4) is 0 Å². The fourth-order valence-electron chi connectivity index (χ4n) is 1.88. The molecule has 0 aromatic rings. The van der Waals surface area contributed by atoms with Crippen LogP contribution in [-0.4, -0.2) is 0 Å². The Labute approximate surface area is 393 Å². The summed E-state index contributed by atoms with van der Waals surface area (Å²) in [4.78, 5) is 0. The van der Waals surface area contributed by atoms with Gasteiger partial charge in [0.1, 0.15) is 0 Å². The summed E-state index contributed by atoms with van der Waals surface area (Å²) in [6.07, 6.45) is 6.57. The Bertz CT molecular complexity index is 4070. The molecule has 0 atom stereocenters. The Hall–Kier alpha value is -13.3. The quantitative estimate of drug-likeness (QED) is 0.259. The molecule has 1 nitrogen and oxygen atoms in total. The van der Waals surface area contributed by atoms with Crippen molar-refractivity contribution in [2.45, 2.75) is 6.92 Å². The summed E-state index contributed by atoms with van der Waals surface area (Å²) in [5.41, 5.74) is 0. The van der Waals surface area contributed by atoms with Crippen LogP contribution in [0.25, 0.3) is 0 Å². The average Bonchev–Trinajstić information content (AvgIpc) is 3.33. The zero-order chi connectivity index (χ0) is 47.1. The van der Waals surface area contributed by atoms with Crippen molar-refractivity contribution in [2.24, 2.45) is 0 Å². The first-order valence-corrected chi connectivity index (χ1v) is 16.5. The molecule has 0 amide bonds. The molecule has 65 heavy (non-hydrogen) atoms. The summed E-state index contributed by atoms with van der Waals surface area (Å²) < 4.78 is 8.19. The Morgan fingerprint density at radius 1 is 0.169 bits per heavy atom. The van der Waals surface area contributed by atoms with Crippen LogP contribution in [-0.2, 0) is 21.0 Å². The molecule has 0 radical (unpaired) electrons. The van der Waals surface area contributed by atoms with Crippen molar-refractivity contribution in [3.05, 3.63) is 6.42 Å². The topological polar surface area (TPSA) is 17.1 Å². The molecule has 0 aromatic heterocycles. The monoisotopic (exact) mass is 826 g/mol. The fraction of sp³-hybridized carbons (Fsp3) is 0.0159. The predicted molar refractivity (Wildman–Crippen MR) is 247 cm³/mol. The second-order valence-corrected chi connectivity index (χ2v) is 7.75. The van der Waals surface area contributed by atoms with E-state index in [9.17, 15) is 0 Å². The first kappa shape index (κ1) is 53.8. The first-order valence-electron chi connectivity index (χ1n) is 15.9. The Balaban J connectivity index is 0. The molecule has 0 aliphatic rings. The van der Waals surface area contributed by atoms with Gasteiger partial charge in [0.25, 0.3) is 0 Å². The molecule has 0 unspecified atom stereocenters. The maximum atomic E-state index is 8.19. The van der Waals surface area contributed by atoms with Gasteiger partial charge in [-0.15, -0.1) is 5.92 Å². The summed E-state index contributed by atoms with van der Waals surface area (Å²) >= 11 is 1.06. The van der Waals surface area contributed by atoms with E-state index >= 15 is 0 Å². The van der Waals surface area contributed by atoms with Gasteiger partial charge in [-0.1, -0.05) is 5.92 Å². The van der Waals surface area contributed by atoms with Crippen molar-refractivity contribution in [3.63, 3.8) is 0 Å². The van der Waals surface area contributed by atoms with Crippen LogP contribution in [0.2, 0.25) is 0 Å². The average molecular weight is 827 g/mol. The molecule has 0 aliphatic carbocycles. The van der Waals surface area contributed by atoms with E-state index < -0.39 is 0 Å². The molecule has 0 fully saturated rings. The summed E-state index contributed by atoms with van der Waals surface area (Å²) in [5.74, 6) is 151. The van der Waals surface area contributed by atoms with Gasteiger partial charge in [0.05, 0.1) is 0 Å². The zero-order valence-electron chi connectivity index (χ0n) is 32.9. The molecule has 2 heteroatoms. The second-order valence-electron chi connectivity index (χ2n) is 7.75. The van der Waals surface area contributed by atoms with Gasteiger partial charge < -0.3 is 6.42 Å². The summed E-state index contributed by atoms with van der Waals surface area (Å²) in [6, 6.07) is 0. The van der Waals surface area contributed by atoms with Crippen molar-refractivity contribution in [3.8, 4) is 361 Å². The van der Waals surface area contributed by atoms with Gasteiger partial charge in [-0.05, 0) is 102 Å². The third-order valence-corrected chi connectivity index (χ3v) is 3.81. The van der Waals surface area contributed by atoms with Crippen molar-refractivity contribution in [1.29, 1.82) is 0 Å². The van der Waals surface area contributed by atoms with Gasteiger partial charge in [-0.2, -0.15) is 0 Å². The number of rotatable bonds is 0. The summed E-state index contributed by atoms with van der Waals surface area (Å²) in [7, 11) is 0. The molecule has 267 valence electrons. The first-order chi connectivity index (χ1) is 32.4. The standard InChI is InChI=1S/C63H3.O.V/c1-3-5-7-9-11-13-15-17-19-21-23-25-27-29-31-33-35-37-39-41-43-45-47-49-51-53-55-57-59-61-63-62-60-58-56-54-52-50-48-46-44-42-40-38-36-34-32-30-28-26-24-22-20-18-16-14-12-10-8-6-4-2;;/h1H3;;/q-1;;. The molecule has 0 saturated heterocycles. The van der Waals surface area contributed by atoms with Gasteiger partial charge in [-0.25, -0.2) is 5.92 Å². The van der Waals surface area contributed by atoms with E-state index in [1.54, 1.807) is 6.92 Å². The molecule has 0 aromatic carbocycles. The molecule has 0 saturated carbocycles. The Morgan fingerprint density at radius 3 is 0.323 bits per heavy atom. The van der Waals surface area contributed by atoms with Gasteiger partial charge >= 0.3 is 21.0 Å². The van der Waals surface area contributed by atoms with Crippen LogP contribution in [0.5, 0.6) is 0 Å². The van der Waals surface area contributed by atoms with E-state index in [1.807, 2.05) is 5.92 Å². The van der Waals surface area contributed by atoms with Crippen molar-refractivity contribution in [1.82, 2.24) is 0 Å². The molecule has 0 heterocycles. The van der Waals surface area contributed by atoms with E-state index in [0.29, 0.717) is 0 Å². The van der Waals surface area contributed by atoms with Crippen LogP contribution in [0.4, 0.5) is 0 Å². The van der Waals surface area contributed by atoms with Crippen molar-refractivity contribution < 1.29 is 21.0 Å². The summed E-state index contributed by atoms with van der Waals surface area (Å²) in [5, 5.41) is 0. The second kappa shape index (κ2) is 55.1. The van der Waals surface area contributed by atoms with Gasteiger partial charge in [0.2, 0.25) is 0 Å². The predicted octanol–water partition coefficient (Wildman–Crippen LogP) is 0.577. The Kier molecular flexibility index (Phi) is 45.6. The van der Waals surface area contributed by atoms with Crippen LogP contribution in [0.1, 0.15) is 6.92 Å².